The van der Waals surface area contributed by atoms with Crippen molar-refractivity contribution in [2.75, 3.05) is 5.75 Å². The summed E-state index contributed by atoms with van der Waals surface area (Å²) in [6, 6.07) is 8.25. The Morgan fingerprint density at radius 2 is 1.81 bits per heavy atom. The molecule has 1 saturated heterocycles. The lowest BCUT2D eigenvalue weighted by Crippen LogP contribution is -2.27. The molecule has 2 aromatic rings. The van der Waals surface area contributed by atoms with Crippen molar-refractivity contribution in [2.24, 2.45) is 0 Å². The van der Waals surface area contributed by atoms with Crippen molar-refractivity contribution in [3.63, 3.8) is 0 Å². The summed E-state index contributed by atoms with van der Waals surface area (Å²) in [5, 5.41) is -0.578. The van der Waals surface area contributed by atoms with Gasteiger partial charge in [0, 0.05) is 12.6 Å². The number of halogens is 5. The van der Waals surface area contributed by atoms with Crippen LogP contribution in [0.3, 0.4) is 0 Å². The Hall–Kier alpha value is -2.29. The molecule has 0 spiro atoms. The number of carbonyl (C=O) groups excluding carboxylic acids is 1. The van der Waals surface area contributed by atoms with Gasteiger partial charge in [0.05, 0.1) is 5.75 Å². The third-order valence-corrected chi connectivity index (χ3v) is 4.88. The maximum atomic E-state index is 13.4. The summed E-state index contributed by atoms with van der Waals surface area (Å²) in [5.74, 6) is -2.08. The summed E-state index contributed by atoms with van der Waals surface area (Å²) in [5.41, 5.74) is 0.686. The number of ether oxygens (including phenoxy) is 1. The highest BCUT2D eigenvalue weighted by Crippen LogP contribution is 2.41. The minimum atomic E-state index is -4.82. The maximum Gasteiger partial charge on any atom is 0.573 e. The Morgan fingerprint density at radius 3 is 2.46 bits per heavy atom. The fourth-order valence-corrected chi connectivity index (χ4v) is 3.84. The molecule has 1 aliphatic rings. The molecule has 3 nitrogen and oxygen atoms in total. The Kier molecular flexibility index (Phi) is 5.08. The molecule has 3 rings (SSSR count). The highest BCUT2D eigenvalue weighted by atomic mass is 32.2. The molecule has 2 aromatic carbocycles. The van der Waals surface area contributed by atoms with Crippen LogP contribution in [0.5, 0.6) is 5.75 Å². The molecular weight excluding hydrogens is 377 g/mol. The molecule has 1 amide bonds. The lowest BCUT2D eigenvalue weighted by atomic mass is 10.1. The van der Waals surface area contributed by atoms with Crippen molar-refractivity contribution in [1.82, 2.24) is 4.90 Å². The molecule has 1 aliphatic heterocycles. The van der Waals surface area contributed by atoms with E-state index >= 15 is 0 Å². The second kappa shape index (κ2) is 7.14. The Labute approximate surface area is 149 Å². The van der Waals surface area contributed by atoms with Gasteiger partial charge >= 0.3 is 6.36 Å². The molecule has 0 saturated carbocycles. The lowest BCUT2D eigenvalue weighted by Gasteiger charge is -2.25. The van der Waals surface area contributed by atoms with Gasteiger partial charge in [-0.1, -0.05) is 12.1 Å². The topological polar surface area (TPSA) is 29.5 Å². The van der Waals surface area contributed by atoms with Gasteiger partial charge in [-0.2, -0.15) is 0 Å². The van der Waals surface area contributed by atoms with Gasteiger partial charge in [0.1, 0.15) is 22.8 Å². The number of rotatable bonds is 4. The van der Waals surface area contributed by atoms with Gasteiger partial charge in [-0.15, -0.1) is 24.9 Å². The van der Waals surface area contributed by atoms with Crippen molar-refractivity contribution >= 4 is 17.7 Å². The van der Waals surface area contributed by atoms with E-state index in [1.54, 1.807) is 6.07 Å². The zero-order valence-corrected chi connectivity index (χ0v) is 13.9. The summed E-state index contributed by atoms with van der Waals surface area (Å²) in [6.07, 6.45) is -4.82. The van der Waals surface area contributed by atoms with E-state index in [0.717, 1.165) is 24.3 Å². The van der Waals surface area contributed by atoms with E-state index < -0.39 is 29.1 Å². The number of alkyl halides is 3. The largest absolute Gasteiger partial charge is 0.573 e. The molecule has 0 aromatic heterocycles. The van der Waals surface area contributed by atoms with E-state index in [4.69, 9.17) is 0 Å². The Balaban J connectivity index is 1.84. The van der Waals surface area contributed by atoms with E-state index in [1.807, 2.05) is 0 Å². The standard InChI is InChI=1S/C17H12F5NO2S/c18-12-4-10(5-13(19)7-12)8-23-15(24)9-26-16(23)11-2-1-3-14(6-11)25-17(20,21)22/h1-7,16H,8-9H2. The molecule has 9 heteroatoms. The summed E-state index contributed by atoms with van der Waals surface area (Å²) in [6.45, 7) is -0.0600. The first kappa shape index (κ1) is 18.5. The molecule has 138 valence electrons. The van der Waals surface area contributed by atoms with Crippen LogP contribution in [-0.4, -0.2) is 22.9 Å². The summed E-state index contributed by atoms with van der Waals surface area (Å²) in [7, 11) is 0. The second-order valence-corrected chi connectivity index (χ2v) is 6.65. The fraction of sp³-hybridized carbons (Fsp3) is 0.235. The van der Waals surface area contributed by atoms with E-state index in [9.17, 15) is 26.7 Å². The number of amides is 1. The predicted molar refractivity (Wildman–Crippen MR) is 85.2 cm³/mol. The van der Waals surface area contributed by atoms with Gasteiger partial charge in [0.15, 0.2) is 0 Å². The minimum absolute atomic E-state index is 0.0600. The number of hydrogen-bond donors (Lipinski definition) is 0. The SMILES string of the molecule is O=C1CSC(c2cccc(OC(F)(F)F)c2)N1Cc1cc(F)cc(F)c1. The number of carbonyl (C=O) groups is 1. The van der Waals surface area contributed by atoms with Crippen molar-refractivity contribution in [1.29, 1.82) is 0 Å². The molecule has 0 bridgehead atoms. The van der Waals surface area contributed by atoms with Gasteiger partial charge in [-0.3, -0.25) is 4.79 Å². The number of thioether (sulfide) groups is 1. The summed E-state index contributed by atoms with van der Waals surface area (Å²) >= 11 is 1.22. The lowest BCUT2D eigenvalue weighted by molar-refractivity contribution is -0.274. The summed E-state index contributed by atoms with van der Waals surface area (Å²) < 4.78 is 67.8. The van der Waals surface area contributed by atoms with Crippen LogP contribution in [0.15, 0.2) is 42.5 Å². The van der Waals surface area contributed by atoms with Gasteiger partial charge in [-0.05, 0) is 35.4 Å². The molecule has 1 fully saturated rings. The number of benzene rings is 2. The molecule has 0 aliphatic carbocycles. The van der Waals surface area contributed by atoms with Gasteiger partial charge < -0.3 is 9.64 Å². The van der Waals surface area contributed by atoms with Crippen molar-refractivity contribution in [2.45, 2.75) is 18.3 Å². The summed E-state index contributed by atoms with van der Waals surface area (Å²) in [4.78, 5) is 13.5. The number of hydrogen-bond acceptors (Lipinski definition) is 3. The Morgan fingerprint density at radius 1 is 1.12 bits per heavy atom. The predicted octanol–water partition coefficient (Wildman–Crippen LogP) is 4.64. The van der Waals surface area contributed by atoms with Crippen LogP contribution in [-0.2, 0) is 11.3 Å². The highest BCUT2D eigenvalue weighted by molar-refractivity contribution is 8.00. The van der Waals surface area contributed by atoms with Crippen LogP contribution >= 0.6 is 11.8 Å². The third kappa shape index (κ3) is 4.46. The molecule has 26 heavy (non-hydrogen) atoms. The zero-order chi connectivity index (χ0) is 18.9. The Bertz CT molecular complexity index is 807. The van der Waals surface area contributed by atoms with Crippen LogP contribution in [0.1, 0.15) is 16.5 Å². The highest BCUT2D eigenvalue weighted by Gasteiger charge is 2.34. The maximum absolute atomic E-state index is 13.4. The molecular formula is C17H12F5NO2S. The molecule has 0 radical (unpaired) electrons. The van der Waals surface area contributed by atoms with Crippen LogP contribution in [0.4, 0.5) is 22.0 Å². The van der Waals surface area contributed by atoms with Crippen LogP contribution < -0.4 is 4.74 Å². The molecule has 1 unspecified atom stereocenters. The zero-order valence-electron chi connectivity index (χ0n) is 13.1. The molecule has 0 N–H and O–H groups in total. The van der Waals surface area contributed by atoms with Crippen molar-refractivity contribution < 1.29 is 31.5 Å². The van der Waals surface area contributed by atoms with Crippen molar-refractivity contribution in [3.05, 3.63) is 65.2 Å². The normalized spacial score (nSPS) is 17.7. The first-order chi connectivity index (χ1) is 12.2. The van der Waals surface area contributed by atoms with Crippen molar-refractivity contribution in [3.8, 4) is 5.75 Å². The fourth-order valence-electron chi connectivity index (χ4n) is 2.67. The van der Waals surface area contributed by atoms with Gasteiger partial charge in [-0.25, -0.2) is 8.78 Å². The minimum Gasteiger partial charge on any atom is -0.406 e. The number of nitrogens with zero attached hydrogens (tertiary/aromatic N) is 1. The van der Waals surface area contributed by atoms with E-state index in [1.165, 1.54) is 28.8 Å². The quantitative estimate of drug-likeness (QED) is 0.714. The van der Waals surface area contributed by atoms with E-state index in [0.29, 0.717) is 5.56 Å². The average molecular weight is 389 g/mol. The molecule has 1 atom stereocenters. The van der Waals surface area contributed by atoms with E-state index in [2.05, 4.69) is 4.74 Å². The second-order valence-electron chi connectivity index (χ2n) is 5.58. The van der Waals surface area contributed by atoms with Crippen LogP contribution in [0.2, 0.25) is 0 Å². The first-order valence-corrected chi connectivity index (χ1v) is 8.48. The monoisotopic (exact) mass is 389 g/mol. The average Bonchev–Trinajstić information content (AvgIpc) is 2.86. The first-order valence-electron chi connectivity index (χ1n) is 7.43. The molecule has 1 heterocycles. The smallest absolute Gasteiger partial charge is 0.406 e. The van der Waals surface area contributed by atoms with Gasteiger partial charge in [0.25, 0.3) is 0 Å². The van der Waals surface area contributed by atoms with Crippen LogP contribution in [0.25, 0.3) is 0 Å². The third-order valence-electron chi connectivity index (χ3n) is 3.62. The van der Waals surface area contributed by atoms with E-state index in [-0.39, 0.29) is 23.8 Å². The van der Waals surface area contributed by atoms with Crippen LogP contribution in [0, 0.1) is 11.6 Å². The van der Waals surface area contributed by atoms with Gasteiger partial charge in [0.2, 0.25) is 5.91 Å².